The van der Waals surface area contributed by atoms with Crippen molar-refractivity contribution in [1.82, 2.24) is 9.80 Å². The Labute approximate surface area is 165 Å². The fraction of sp³-hybridized carbons (Fsp3) is 0.471. The SMILES string of the molecule is CN(CC(=O)Nc1ccccc1Br)C(=O)CSCC(=O)N1CCOCC1. The Morgan fingerprint density at radius 1 is 1.23 bits per heavy atom. The van der Waals surface area contributed by atoms with Crippen LogP contribution in [0.3, 0.4) is 0 Å². The van der Waals surface area contributed by atoms with Gasteiger partial charge in [-0.2, -0.15) is 0 Å². The zero-order chi connectivity index (χ0) is 18.9. The van der Waals surface area contributed by atoms with Crippen LogP contribution in [-0.4, -0.2) is 78.9 Å². The standard InChI is InChI=1S/C17H22BrN3O4S/c1-20(10-15(22)19-14-5-3-2-4-13(14)18)16(23)11-26-12-17(24)21-6-8-25-9-7-21/h2-5H,6-12H2,1H3,(H,19,22). The van der Waals surface area contributed by atoms with Gasteiger partial charge in [0.15, 0.2) is 0 Å². The Kier molecular flexibility index (Phi) is 8.40. The van der Waals surface area contributed by atoms with Gasteiger partial charge in [-0.1, -0.05) is 12.1 Å². The van der Waals surface area contributed by atoms with E-state index in [0.29, 0.717) is 32.0 Å². The average molecular weight is 444 g/mol. The van der Waals surface area contributed by atoms with E-state index >= 15 is 0 Å². The van der Waals surface area contributed by atoms with Crippen molar-refractivity contribution in [2.75, 3.05) is 56.7 Å². The smallest absolute Gasteiger partial charge is 0.244 e. The van der Waals surface area contributed by atoms with Crippen molar-refractivity contribution in [3.05, 3.63) is 28.7 Å². The molecule has 3 amide bonds. The number of amides is 3. The van der Waals surface area contributed by atoms with Crippen LogP contribution in [0.5, 0.6) is 0 Å². The molecule has 1 N–H and O–H groups in total. The van der Waals surface area contributed by atoms with Crippen LogP contribution < -0.4 is 5.32 Å². The molecule has 142 valence electrons. The summed E-state index contributed by atoms with van der Waals surface area (Å²) in [5.41, 5.74) is 0.656. The number of hydrogen-bond acceptors (Lipinski definition) is 5. The number of anilines is 1. The highest BCUT2D eigenvalue weighted by atomic mass is 79.9. The molecule has 1 aliphatic rings. The van der Waals surface area contributed by atoms with Crippen LogP contribution in [0.15, 0.2) is 28.7 Å². The van der Waals surface area contributed by atoms with E-state index in [-0.39, 0.29) is 35.8 Å². The molecule has 0 bridgehead atoms. The maximum Gasteiger partial charge on any atom is 0.244 e. The summed E-state index contributed by atoms with van der Waals surface area (Å²) in [5.74, 6) is -0.0351. The number of morpholine rings is 1. The molecule has 1 saturated heterocycles. The van der Waals surface area contributed by atoms with Crippen LogP contribution in [0.1, 0.15) is 0 Å². The number of ether oxygens (including phenoxy) is 1. The van der Waals surface area contributed by atoms with E-state index in [1.54, 1.807) is 18.0 Å². The van der Waals surface area contributed by atoms with E-state index < -0.39 is 0 Å². The molecule has 2 rings (SSSR count). The van der Waals surface area contributed by atoms with Gasteiger partial charge in [-0.3, -0.25) is 14.4 Å². The predicted molar refractivity (Wildman–Crippen MR) is 105 cm³/mol. The fourth-order valence-corrected chi connectivity index (χ4v) is 3.53. The van der Waals surface area contributed by atoms with Gasteiger partial charge in [0, 0.05) is 24.6 Å². The van der Waals surface area contributed by atoms with Gasteiger partial charge in [-0.05, 0) is 28.1 Å². The number of thioether (sulfide) groups is 1. The third-order valence-corrected chi connectivity index (χ3v) is 5.36. The zero-order valence-corrected chi connectivity index (χ0v) is 17.0. The third-order valence-electron chi connectivity index (χ3n) is 3.77. The van der Waals surface area contributed by atoms with Gasteiger partial charge in [0.1, 0.15) is 0 Å². The Morgan fingerprint density at radius 2 is 1.92 bits per heavy atom. The van der Waals surface area contributed by atoms with E-state index in [1.807, 2.05) is 18.2 Å². The van der Waals surface area contributed by atoms with Crippen molar-refractivity contribution in [3.8, 4) is 0 Å². The number of hydrogen-bond donors (Lipinski definition) is 1. The lowest BCUT2D eigenvalue weighted by Crippen LogP contribution is -2.42. The Morgan fingerprint density at radius 3 is 2.62 bits per heavy atom. The second-order valence-electron chi connectivity index (χ2n) is 5.76. The first-order chi connectivity index (χ1) is 12.5. The summed E-state index contributed by atoms with van der Waals surface area (Å²) in [6.07, 6.45) is 0. The van der Waals surface area contributed by atoms with Crippen LogP contribution in [-0.2, 0) is 19.1 Å². The summed E-state index contributed by atoms with van der Waals surface area (Å²) in [7, 11) is 1.58. The quantitative estimate of drug-likeness (QED) is 0.689. The van der Waals surface area contributed by atoms with E-state index in [1.165, 1.54) is 16.7 Å². The minimum atomic E-state index is -0.276. The number of benzene rings is 1. The first-order valence-electron chi connectivity index (χ1n) is 8.19. The molecule has 0 atom stereocenters. The molecule has 0 aliphatic carbocycles. The fourth-order valence-electron chi connectivity index (χ4n) is 2.30. The Hall–Kier alpha value is -1.58. The molecule has 0 spiro atoms. The van der Waals surface area contributed by atoms with Crippen molar-refractivity contribution in [1.29, 1.82) is 0 Å². The highest BCUT2D eigenvalue weighted by Gasteiger charge is 2.18. The van der Waals surface area contributed by atoms with Crippen molar-refractivity contribution in [2.24, 2.45) is 0 Å². The number of nitrogens with one attached hydrogen (secondary N) is 1. The average Bonchev–Trinajstić information content (AvgIpc) is 2.64. The second-order valence-corrected chi connectivity index (χ2v) is 7.60. The molecule has 1 heterocycles. The monoisotopic (exact) mass is 443 g/mol. The normalized spacial score (nSPS) is 14.0. The maximum absolute atomic E-state index is 12.1. The molecule has 0 unspecified atom stereocenters. The number of halogens is 1. The molecule has 1 fully saturated rings. The van der Waals surface area contributed by atoms with Crippen LogP contribution in [0.4, 0.5) is 5.69 Å². The number of carbonyl (C=O) groups is 3. The number of rotatable bonds is 7. The van der Waals surface area contributed by atoms with E-state index in [0.717, 1.165) is 4.47 Å². The molecule has 26 heavy (non-hydrogen) atoms. The molecule has 1 aliphatic heterocycles. The first-order valence-corrected chi connectivity index (χ1v) is 10.1. The summed E-state index contributed by atoms with van der Waals surface area (Å²) >= 11 is 4.62. The summed E-state index contributed by atoms with van der Waals surface area (Å²) < 4.78 is 5.99. The third kappa shape index (κ3) is 6.62. The molecule has 9 heteroatoms. The molecular formula is C17H22BrN3O4S. The topological polar surface area (TPSA) is 79.0 Å². The molecule has 7 nitrogen and oxygen atoms in total. The van der Waals surface area contributed by atoms with Gasteiger partial charge >= 0.3 is 0 Å². The van der Waals surface area contributed by atoms with Crippen LogP contribution in [0.25, 0.3) is 0 Å². The van der Waals surface area contributed by atoms with Gasteiger partial charge in [0.2, 0.25) is 17.7 Å². The number of carbonyl (C=O) groups excluding carboxylic acids is 3. The van der Waals surface area contributed by atoms with Gasteiger partial charge in [0.25, 0.3) is 0 Å². The number of para-hydroxylation sites is 1. The minimum Gasteiger partial charge on any atom is -0.378 e. The van der Waals surface area contributed by atoms with Crippen LogP contribution in [0, 0.1) is 0 Å². The van der Waals surface area contributed by atoms with Crippen LogP contribution >= 0.6 is 27.7 Å². The zero-order valence-electron chi connectivity index (χ0n) is 14.6. The van der Waals surface area contributed by atoms with Gasteiger partial charge in [-0.15, -0.1) is 11.8 Å². The minimum absolute atomic E-state index is 0.0143. The van der Waals surface area contributed by atoms with Gasteiger partial charge in [-0.25, -0.2) is 0 Å². The van der Waals surface area contributed by atoms with Crippen molar-refractivity contribution >= 4 is 51.1 Å². The summed E-state index contributed by atoms with van der Waals surface area (Å²) in [6.45, 7) is 2.28. The van der Waals surface area contributed by atoms with Crippen molar-refractivity contribution < 1.29 is 19.1 Å². The maximum atomic E-state index is 12.1. The van der Waals surface area contributed by atoms with Gasteiger partial charge in [0.05, 0.1) is 37.0 Å². The Bertz CT molecular complexity index is 653. The lowest BCUT2D eigenvalue weighted by molar-refractivity contribution is -0.132. The van der Waals surface area contributed by atoms with Gasteiger partial charge < -0.3 is 19.9 Å². The molecule has 0 aromatic heterocycles. The first kappa shape index (κ1) is 20.7. The summed E-state index contributed by atoms with van der Waals surface area (Å²) in [5, 5.41) is 2.75. The van der Waals surface area contributed by atoms with E-state index in [4.69, 9.17) is 4.74 Å². The molecule has 0 radical (unpaired) electrons. The predicted octanol–water partition coefficient (Wildman–Crippen LogP) is 1.44. The van der Waals surface area contributed by atoms with Crippen LogP contribution in [0.2, 0.25) is 0 Å². The molecule has 1 aromatic carbocycles. The lowest BCUT2D eigenvalue weighted by Gasteiger charge is -2.26. The molecule has 1 aromatic rings. The van der Waals surface area contributed by atoms with E-state index in [9.17, 15) is 14.4 Å². The molecule has 0 saturated carbocycles. The number of likely N-dealkylation sites (N-methyl/N-ethyl adjacent to an activating group) is 1. The van der Waals surface area contributed by atoms with E-state index in [2.05, 4.69) is 21.2 Å². The summed E-state index contributed by atoms with van der Waals surface area (Å²) in [6, 6.07) is 7.27. The van der Waals surface area contributed by atoms with Crippen molar-refractivity contribution in [2.45, 2.75) is 0 Å². The van der Waals surface area contributed by atoms with Crippen molar-refractivity contribution in [3.63, 3.8) is 0 Å². The lowest BCUT2D eigenvalue weighted by atomic mass is 10.3. The highest BCUT2D eigenvalue weighted by molar-refractivity contribution is 9.10. The molecular weight excluding hydrogens is 422 g/mol. The largest absolute Gasteiger partial charge is 0.378 e. The summed E-state index contributed by atoms with van der Waals surface area (Å²) in [4.78, 5) is 39.3. The second kappa shape index (κ2) is 10.5. The highest BCUT2D eigenvalue weighted by Crippen LogP contribution is 2.21. The number of nitrogens with zero attached hydrogens (tertiary/aromatic N) is 2. The Balaban J connectivity index is 1.69.